The lowest BCUT2D eigenvalue weighted by Crippen LogP contribution is -2.29. The molecule has 0 fully saturated rings. The Balaban J connectivity index is 1.35. The zero-order valence-electron chi connectivity index (χ0n) is 13.5. The molecule has 1 N–H and O–H groups in total. The number of hydrogen-bond donors (Lipinski definition) is 1. The molecule has 128 valence electrons. The molecule has 0 saturated carbocycles. The van der Waals surface area contributed by atoms with Gasteiger partial charge in [0.2, 0.25) is 0 Å². The fraction of sp³-hybridized carbons (Fsp3) is 0.529. The second kappa shape index (κ2) is 6.99. The number of aromatic nitrogens is 3. The van der Waals surface area contributed by atoms with E-state index in [1.54, 1.807) is 0 Å². The number of nitrogens with one attached hydrogen (secondary N) is 1. The molecular weight excluding hydrogens is 328 g/mol. The van der Waals surface area contributed by atoms with Gasteiger partial charge in [-0.15, -0.1) is 10.2 Å². The molecule has 2 aliphatic heterocycles. The topological polar surface area (TPSA) is 61.2 Å². The van der Waals surface area contributed by atoms with Gasteiger partial charge in [0, 0.05) is 25.9 Å². The molecule has 7 heteroatoms. The van der Waals surface area contributed by atoms with Crippen LogP contribution in [0.4, 0.5) is 0 Å². The van der Waals surface area contributed by atoms with Crippen LogP contribution in [0.25, 0.3) is 0 Å². The molecule has 2 aromatic rings. The predicted octanol–water partition coefficient (Wildman–Crippen LogP) is 2.45. The second-order valence-corrected chi connectivity index (χ2v) is 6.80. The van der Waals surface area contributed by atoms with E-state index in [0.717, 1.165) is 56.0 Å². The van der Waals surface area contributed by atoms with E-state index in [9.17, 15) is 0 Å². The lowest BCUT2D eigenvalue weighted by molar-refractivity contribution is 0.297. The highest BCUT2D eigenvalue weighted by atomic mass is 35.5. The highest BCUT2D eigenvalue weighted by Gasteiger charge is 2.19. The second-order valence-electron chi connectivity index (χ2n) is 6.39. The largest absolute Gasteiger partial charge is 0.489 e. The first kappa shape index (κ1) is 15.7. The van der Waals surface area contributed by atoms with E-state index >= 15 is 0 Å². The van der Waals surface area contributed by atoms with Crippen molar-refractivity contribution in [3.63, 3.8) is 0 Å². The first-order chi connectivity index (χ1) is 11.8. The summed E-state index contributed by atoms with van der Waals surface area (Å²) < 4.78 is 13.6. The molecule has 0 aliphatic carbocycles. The first-order valence-electron chi connectivity index (χ1n) is 8.45. The summed E-state index contributed by atoms with van der Waals surface area (Å²) in [5, 5.41) is 12.3. The zero-order chi connectivity index (χ0) is 16.4. The molecule has 0 unspecified atom stereocenters. The maximum Gasteiger partial charge on any atom is 0.179 e. The molecule has 2 aliphatic rings. The Bertz CT molecular complexity index is 719. The van der Waals surface area contributed by atoms with E-state index in [-0.39, 0.29) is 0 Å². The summed E-state index contributed by atoms with van der Waals surface area (Å²) in [5.41, 5.74) is 1.12. The number of nitrogens with zero attached hydrogens (tertiary/aromatic N) is 3. The molecular formula is C17H21ClN4O2. The van der Waals surface area contributed by atoms with Crippen LogP contribution < -0.4 is 14.8 Å². The van der Waals surface area contributed by atoms with Crippen molar-refractivity contribution in [1.29, 1.82) is 0 Å². The molecule has 0 bridgehead atoms. The Kier molecular flexibility index (Phi) is 4.58. The summed E-state index contributed by atoms with van der Waals surface area (Å²) in [6.07, 6.45) is 4.85. The van der Waals surface area contributed by atoms with Crippen molar-refractivity contribution in [2.24, 2.45) is 5.92 Å². The molecule has 24 heavy (non-hydrogen) atoms. The van der Waals surface area contributed by atoms with E-state index in [0.29, 0.717) is 29.9 Å². The maximum atomic E-state index is 6.34. The van der Waals surface area contributed by atoms with Gasteiger partial charge in [-0.05, 0) is 36.6 Å². The summed E-state index contributed by atoms with van der Waals surface area (Å²) in [4.78, 5) is 0. The van der Waals surface area contributed by atoms with Crippen molar-refractivity contribution < 1.29 is 9.47 Å². The highest BCUT2D eigenvalue weighted by Crippen LogP contribution is 2.37. The average Bonchev–Trinajstić information content (AvgIpc) is 2.91. The van der Waals surface area contributed by atoms with Gasteiger partial charge in [0.05, 0.1) is 18.2 Å². The Morgan fingerprint density at radius 1 is 1.29 bits per heavy atom. The number of hydrogen-bond acceptors (Lipinski definition) is 5. The van der Waals surface area contributed by atoms with Crippen molar-refractivity contribution in [3.05, 3.63) is 34.9 Å². The van der Waals surface area contributed by atoms with Crippen LogP contribution in [0.1, 0.15) is 24.2 Å². The summed E-state index contributed by atoms with van der Waals surface area (Å²) >= 11 is 6.34. The quantitative estimate of drug-likeness (QED) is 0.919. The molecule has 0 radical (unpaired) electrons. The predicted molar refractivity (Wildman–Crippen MR) is 90.6 cm³/mol. The van der Waals surface area contributed by atoms with Gasteiger partial charge < -0.3 is 19.4 Å². The number of aryl methyl sites for hydroxylation is 1. The summed E-state index contributed by atoms with van der Waals surface area (Å²) in [6.45, 7) is 4.03. The van der Waals surface area contributed by atoms with Crippen molar-refractivity contribution in [3.8, 4) is 11.5 Å². The van der Waals surface area contributed by atoms with E-state index in [1.165, 1.54) is 0 Å². The normalized spacial score (nSPS) is 19.6. The smallest absolute Gasteiger partial charge is 0.179 e. The third kappa shape index (κ3) is 3.35. The van der Waals surface area contributed by atoms with Gasteiger partial charge >= 0.3 is 0 Å². The Hall–Kier alpha value is -1.79. The molecule has 0 saturated heterocycles. The van der Waals surface area contributed by atoms with Gasteiger partial charge in [-0.1, -0.05) is 11.6 Å². The van der Waals surface area contributed by atoms with Crippen LogP contribution in [-0.2, 0) is 19.5 Å². The Labute approximate surface area is 146 Å². The number of rotatable bonds is 4. The summed E-state index contributed by atoms with van der Waals surface area (Å²) in [5.74, 6) is 3.12. The zero-order valence-corrected chi connectivity index (χ0v) is 14.3. The van der Waals surface area contributed by atoms with Crippen molar-refractivity contribution in [2.45, 2.75) is 32.4 Å². The Morgan fingerprint density at radius 2 is 2.21 bits per heavy atom. The van der Waals surface area contributed by atoms with Gasteiger partial charge in [0.15, 0.2) is 11.5 Å². The average molecular weight is 349 g/mol. The van der Waals surface area contributed by atoms with Crippen LogP contribution in [-0.4, -0.2) is 34.5 Å². The van der Waals surface area contributed by atoms with E-state index < -0.39 is 0 Å². The monoisotopic (exact) mass is 348 g/mol. The van der Waals surface area contributed by atoms with Crippen LogP contribution in [0.2, 0.25) is 5.02 Å². The SMILES string of the molecule is Clc1cc(CNC[C@@H]2CCc3nncn3C2)cc2c1OCCCO2. The lowest BCUT2D eigenvalue weighted by Gasteiger charge is -2.23. The summed E-state index contributed by atoms with van der Waals surface area (Å²) in [6, 6.07) is 3.99. The third-order valence-corrected chi connectivity index (χ3v) is 4.83. The fourth-order valence-corrected chi connectivity index (χ4v) is 3.59. The number of halogens is 1. The van der Waals surface area contributed by atoms with Crippen LogP contribution in [0, 0.1) is 5.92 Å². The molecule has 3 heterocycles. The number of benzene rings is 1. The molecule has 1 aromatic heterocycles. The lowest BCUT2D eigenvalue weighted by atomic mass is 9.99. The van der Waals surface area contributed by atoms with Crippen LogP contribution >= 0.6 is 11.6 Å². The number of ether oxygens (including phenoxy) is 2. The minimum Gasteiger partial charge on any atom is -0.489 e. The minimum atomic E-state index is 0.601. The fourth-order valence-electron chi connectivity index (χ4n) is 3.30. The maximum absolute atomic E-state index is 6.34. The van der Waals surface area contributed by atoms with Gasteiger partial charge in [0.1, 0.15) is 12.2 Å². The minimum absolute atomic E-state index is 0.601. The van der Waals surface area contributed by atoms with E-state index in [1.807, 2.05) is 18.5 Å². The molecule has 4 rings (SSSR count). The van der Waals surface area contributed by atoms with Crippen LogP contribution in [0.5, 0.6) is 11.5 Å². The van der Waals surface area contributed by atoms with Crippen LogP contribution in [0.3, 0.4) is 0 Å². The Morgan fingerprint density at radius 3 is 3.17 bits per heavy atom. The molecule has 1 aromatic carbocycles. The van der Waals surface area contributed by atoms with Crippen molar-refractivity contribution >= 4 is 11.6 Å². The van der Waals surface area contributed by atoms with Crippen molar-refractivity contribution in [2.75, 3.05) is 19.8 Å². The molecule has 6 nitrogen and oxygen atoms in total. The van der Waals surface area contributed by atoms with Gasteiger partial charge in [0.25, 0.3) is 0 Å². The van der Waals surface area contributed by atoms with Gasteiger partial charge in [-0.3, -0.25) is 0 Å². The molecule has 0 spiro atoms. The van der Waals surface area contributed by atoms with Gasteiger partial charge in [-0.2, -0.15) is 0 Å². The highest BCUT2D eigenvalue weighted by molar-refractivity contribution is 6.32. The number of fused-ring (bicyclic) bond motifs is 2. The van der Waals surface area contributed by atoms with Crippen LogP contribution in [0.15, 0.2) is 18.5 Å². The van der Waals surface area contributed by atoms with E-state index in [4.69, 9.17) is 21.1 Å². The van der Waals surface area contributed by atoms with Crippen molar-refractivity contribution in [1.82, 2.24) is 20.1 Å². The van der Waals surface area contributed by atoms with Gasteiger partial charge in [-0.25, -0.2) is 0 Å². The summed E-state index contributed by atoms with van der Waals surface area (Å²) in [7, 11) is 0. The standard InChI is InChI=1S/C17H21ClN4O2/c18-14-6-13(7-15-17(14)24-5-1-4-23-15)9-19-8-12-2-3-16-21-20-11-22(16)10-12/h6-7,11-12,19H,1-5,8-10H2/t12-/m0/s1. The van der Waals surface area contributed by atoms with E-state index in [2.05, 4.69) is 20.1 Å². The first-order valence-corrected chi connectivity index (χ1v) is 8.83. The molecule has 1 atom stereocenters. The third-order valence-electron chi connectivity index (χ3n) is 4.55. The molecule has 0 amide bonds.